The van der Waals surface area contributed by atoms with Crippen LogP contribution in [-0.2, 0) is 4.84 Å². The van der Waals surface area contributed by atoms with Gasteiger partial charge in [-0.05, 0) is 25.1 Å². The van der Waals surface area contributed by atoms with E-state index < -0.39 is 0 Å². The van der Waals surface area contributed by atoms with Crippen molar-refractivity contribution in [2.45, 2.75) is 6.92 Å². The summed E-state index contributed by atoms with van der Waals surface area (Å²) in [6, 6.07) is 13.1. The molecule has 0 heterocycles. The van der Waals surface area contributed by atoms with E-state index in [4.69, 9.17) is 9.57 Å². The molecule has 0 amide bonds. The molecule has 2 N–H and O–H groups in total. The molecule has 0 saturated heterocycles. The number of rotatable bonds is 5. The van der Waals surface area contributed by atoms with E-state index in [9.17, 15) is 5.11 Å². The van der Waals surface area contributed by atoms with Crippen LogP contribution in [0, 0.1) is 6.92 Å². The zero-order chi connectivity index (χ0) is 14.5. The lowest BCUT2D eigenvalue weighted by Gasteiger charge is -2.29. The largest absolute Gasteiger partial charge is 0.504 e. The van der Waals surface area contributed by atoms with Crippen molar-refractivity contribution in [3.63, 3.8) is 0 Å². The summed E-state index contributed by atoms with van der Waals surface area (Å²) in [6.07, 6.45) is 0. The summed E-state index contributed by atoms with van der Waals surface area (Å²) in [5.74, 6) is 0.496. The van der Waals surface area contributed by atoms with E-state index in [1.54, 1.807) is 18.2 Å². The Bertz CT molecular complexity index is 570. The number of quaternary nitrogens is 1. The van der Waals surface area contributed by atoms with Crippen molar-refractivity contribution >= 4 is 11.4 Å². The number of hydrogen-bond donors (Lipinski definition) is 2. The van der Waals surface area contributed by atoms with Gasteiger partial charge in [0.25, 0.3) is 0 Å². The lowest BCUT2D eigenvalue weighted by molar-refractivity contribution is -0.738. The minimum absolute atomic E-state index is 0.0944. The van der Waals surface area contributed by atoms with Gasteiger partial charge in [0.15, 0.2) is 11.5 Å². The van der Waals surface area contributed by atoms with Crippen molar-refractivity contribution < 1.29 is 19.7 Å². The number of nitrogens with zero attached hydrogens (tertiary/aromatic N) is 1. The summed E-state index contributed by atoms with van der Waals surface area (Å²) in [5.41, 5.74) is 7.00. The Kier molecular flexibility index (Phi) is 4.57. The highest BCUT2D eigenvalue weighted by Crippen LogP contribution is 2.28. The number of benzene rings is 2. The number of aromatic hydroxyl groups is 1. The number of methoxy groups -OCH3 is 1. The van der Waals surface area contributed by atoms with E-state index in [2.05, 4.69) is 5.59 Å². The number of aryl methyl sites for hydroxylation is 1. The highest BCUT2D eigenvalue weighted by molar-refractivity contribution is 5.49. The van der Waals surface area contributed by atoms with Crippen molar-refractivity contribution in [2.75, 3.05) is 14.2 Å². The van der Waals surface area contributed by atoms with Crippen LogP contribution in [0.1, 0.15) is 5.56 Å². The van der Waals surface area contributed by atoms with Gasteiger partial charge in [-0.25, -0.2) is 0 Å². The lowest BCUT2D eigenvalue weighted by Crippen LogP contribution is -2.97. The molecule has 2 rings (SSSR count). The summed E-state index contributed by atoms with van der Waals surface area (Å²) in [5, 5.41) is 10.3. The number of ether oxygens (including phenoxy) is 1. The van der Waals surface area contributed by atoms with E-state index in [0.29, 0.717) is 10.8 Å². The minimum atomic E-state index is 0.0944. The lowest BCUT2D eigenvalue weighted by atomic mass is 10.2. The maximum absolute atomic E-state index is 9.66. The van der Waals surface area contributed by atoms with Gasteiger partial charge < -0.3 is 25.3 Å². The average Bonchev–Trinajstić information content (AvgIpc) is 2.47. The molecule has 0 aliphatic rings. The Hall–Kier alpha value is -2.08. The Morgan fingerprint density at radius 1 is 1.00 bits per heavy atom. The first kappa shape index (κ1) is 14.3. The maximum Gasteiger partial charge on any atom is 0.166 e. The van der Waals surface area contributed by atoms with Crippen LogP contribution in [-0.4, -0.2) is 19.3 Å². The van der Waals surface area contributed by atoms with Crippen molar-refractivity contribution in [3.8, 4) is 11.5 Å². The Morgan fingerprint density at radius 3 is 2.25 bits per heavy atom. The minimum Gasteiger partial charge on any atom is -0.504 e. The van der Waals surface area contributed by atoms with Crippen LogP contribution >= 0.6 is 0 Å². The molecule has 0 spiro atoms. The first-order valence-electron chi connectivity index (χ1n) is 6.21. The second kappa shape index (κ2) is 6.38. The number of phenolic OH excluding ortho intramolecular Hbond substituents is 1. The average molecular weight is 274 g/mol. The highest BCUT2D eigenvalue weighted by Gasteiger charge is 2.12. The number of nitrogens with one attached hydrogen (secondary N) is 1. The maximum atomic E-state index is 9.66. The predicted octanol–water partition coefficient (Wildman–Crippen LogP) is 2.41. The SMILES string of the molecule is CO[N-][NH+](c1ccc(C)cc1)c1ccc(O)c(OC)c1. The molecule has 5 heteroatoms. The Labute approximate surface area is 118 Å². The van der Waals surface area contributed by atoms with Gasteiger partial charge >= 0.3 is 0 Å². The van der Waals surface area contributed by atoms with E-state index in [0.717, 1.165) is 11.4 Å². The zero-order valence-electron chi connectivity index (χ0n) is 11.8. The molecule has 1 atom stereocenters. The summed E-state index contributed by atoms with van der Waals surface area (Å²) >= 11 is 0. The fourth-order valence-electron chi connectivity index (χ4n) is 1.90. The molecule has 0 aliphatic carbocycles. The van der Waals surface area contributed by atoms with E-state index in [-0.39, 0.29) is 5.75 Å². The molecule has 5 nitrogen and oxygen atoms in total. The van der Waals surface area contributed by atoms with E-state index >= 15 is 0 Å². The smallest absolute Gasteiger partial charge is 0.166 e. The quantitative estimate of drug-likeness (QED) is 0.650. The van der Waals surface area contributed by atoms with Crippen LogP contribution in [0.25, 0.3) is 5.59 Å². The van der Waals surface area contributed by atoms with Gasteiger partial charge in [-0.1, -0.05) is 17.7 Å². The number of phenols is 1. The zero-order valence-corrected chi connectivity index (χ0v) is 11.8. The van der Waals surface area contributed by atoms with Crippen molar-refractivity contribution in [3.05, 3.63) is 53.6 Å². The van der Waals surface area contributed by atoms with Gasteiger partial charge in [0, 0.05) is 19.2 Å². The first-order valence-corrected chi connectivity index (χ1v) is 6.21. The van der Waals surface area contributed by atoms with Crippen LogP contribution in [0.3, 0.4) is 0 Å². The molecule has 2 aromatic rings. The molecule has 1 unspecified atom stereocenters. The van der Waals surface area contributed by atoms with E-state index in [1.807, 2.05) is 31.2 Å². The van der Waals surface area contributed by atoms with Gasteiger partial charge in [-0.3, -0.25) is 0 Å². The van der Waals surface area contributed by atoms with Crippen LogP contribution in [0.5, 0.6) is 11.5 Å². The second-order valence-electron chi connectivity index (χ2n) is 4.38. The Balaban J connectivity index is 2.39. The third kappa shape index (κ3) is 3.08. The molecule has 0 aromatic heterocycles. The number of hydrogen-bond acceptors (Lipinski definition) is 3. The topological polar surface area (TPSA) is 57.2 Å². The van der Waals surface area contributed by atoms with Crippen LogP contribution in [0.15, 0.2) is 42.5 Å². The molecular weight excluding hydrogens is 256 g/mol. The van der Waals surface area contributed by atoms with Gasteiger partial charge in [-0.2, -0.15) is 0 Å². The van der Waals surface area contributed by atoms with Crippen LogP contribution < -0.4 is 9.75 Å². The van der Waals surface area contributed by atoms with Crippen molar-refractivity contribution in [1.29, 1.82) is 0 Å². The van der Waals surface area contributed by atoms with Crippen molar-refractivity contribution in [1.82, 2.24) is 0 Å². The molecule has 0 aliphatic heterocycles. The van der Waals surface area contributed by atoms with Gasteiger partial charge in [0.05, 0.1) is 7.11 Å². The summed E-state index contributed by atoms with van der Waals surface area (Å²) < 4.78 is 5.12. The molecule has 0 bridgehead atoms. The highest BCUT2D eigenvalue weighted by atomic mass is 16.7. The molecule has 20 heavy (non-hydrogen) atoms. The van der Waals surface area contributed by atoms with Gasteiger partial charge in [0.1, 0.15) is 11.4 Å². The van der Waals surface area contributed by atoms with Crippen LogP contribution in [0.2, 0.25) is 0 Å². The molecule has 0 saturated carbocycles. The fourth-order valence-corrected chi connectivity index (χ4v) is 1.90. The standard InChI is InChI=1S/C15H18N2O3/c1-11-4-6-12(7-5-11)17(16-20-3)13-8-9-14(18)15(10-13)19-2/h4-10,17-18H,1-3H3. The van der Waals surface area contributed by atoms with Crippen LogP contribution in [0.4, 0.5) is 11.4 Å². The summed E-state index contributed by atoms with van der Waals surface area (Å²) in [6.45, 7) is 2.03. The monoisotopic (exact) mass is 274 g/mol. The fraction of sp³-hybridized carbons (Fsp3) is 0.200. The summed E-state index contributed by atoms with van der Waals surface area (Å²) in [4.78, 5) is 4.93. The van der Waals surface area contributed by atoms with Gasteiger partial charge in [-0.15, -0.1) is 0 Å². The molecule has 106 valence electrons. The van der Waals surface area contributed by atoms with Crippen molar-refractivity contribution in [2.24, 2.45) is 0 Å². The van der Waals surface area contributed by atoms with E-state index in [1.165, 1.54) is 19.8 Å². The first-order chi connectivity index (χ1) is 9.65. The third-order valence-electron chi connectivity index (χ3n) is 2.96. The molecular formula is C15H18N2O3. The third-order valence-corrected chi connectivity index (χ3v) is 2.96. The molecule has 0 fully saturated rings. The second-order valence-corrected chi connectivity index (χ2v) is 4.38. The normalized spacial score (nSPS) is 12.2. The predicted molar refractivity (Wildman–Crippen MR) is 76.5 cm³/mol. The Morgan fingerprint density at radius 2 is 1.65 bits per heavy atom. The van der Waals surface area contributed by atoms with Gasteiger partial charge in [0.2, 0.25) is 0 Å². The molecule has 0 radical (unpaired) electrons. The summed E-state index contributed by atoms with van der Waals surface area (Å²) in [7, 11) is 3.02. The molecule has 2 aromatic carbocycles.